The van der Waals surface area contributed by atoms with Crippen LogP contribution in [0.4, 0.5) is 4.39 Å². The van der Waals surface area contributed by atoms with E-state index in [1.54, 1.807) is 11.0 Å². The molecular weight excluding hydrogens is 521 g/mol. The van der Waals surface area contributed by atoms with Gasteiger partial charge in [-0.2, -0.15) is 0 Å². The number of terminal acetylenes is 1. The van der Waals surface area contributed by atoms with Crippen molar-refractivity contribution in [2.75, 3.05) is 26.2 Å². The minimum Gasteiger partial charge on any atom is -0.489 e. The highest BCUT2D eigenvalue weighted by atomic mass is 19.1. The van der Waals surface area contributed by atoms with Crippen LogP contribution in [0.1, 0.15) is 62.1 Å². The van der Waals surface area contributed by atoms with Crippen molar-refractivity contribution in [3.8, 4) is 18.1 Å². The Morgan fingerprint density at radius 2 is 2.05 bits per heavy atom. The van der Waals surface area contributed by atoms with Crippen molar-refractivity contribution in [3.63, 3.8) is 0 Å². The van der Waals surface area contributed by atoms with Crippen molar-refractivity contribution in [3.05, 3.63) is 77.1 Å². The van der Waals surface area contributed by atoms with Crippen molar-refractivity contribution in [1.29, 1.82) is 0 Å². The van der Waals surface area contributed by atoms with Gasteiger partial charge in [0, 0.05) is 49.6 Å². The zero-order valence-corrected chi connectivity index (χ0v) is 23.7. The molecule has 2 atom stereocenters. The third kappa shape index (κ3) is 8.66. The number of halogens is 1. The number of hydrogen-bond donors (Lipinski definition) is 3. The van der Waals surface area contributed by atoms with E-state index in [2.05, 4.69) is 16.6 Å². The second-order valence-corrected chi connectivity index (χ2v) is 10.9. The number of rotatable bonds is 7. The molecule has 0 aromatic heterocycles. The van der Waals surface area contributed by atoms with Gasteiger partial charge >= 0.3 is 0 Å². The summed E-state index contributed by atoms with van der Waals surface area (Å²) in [6.07, 6.45) is 12.0. The number of ether oxygens (including phenoxy) is 1. The summed E-state index contributed by atoms with van der Waals surface area (Å²) in [7, 11) is 0. The fourth-order valence-electron chi connectivity index (χ4n) is 5.24. The molecule has 7 nitrogen and oxygen atoms in total. The smallest absolute Gasteiger partial charge is 0.222 e. The lowest BCUT2D eigenvalue weighted by molar-refractivity contribution is -0.131. The number of aliphatic hydroxyl groups is 1. The van der Waals surface area contributed by atoms with Crippen LogP contribution in [0, 0.1) is 18.2 Å². The average Bonchev–Trinajstić information content (AvgIpc) is 3.75. The third-order valence-electron chi connectivity index (χ3n) is 7.66. The number of nitrogens with one attached hydrogen (secondary N) is 2. The number of hydrogen-bond acceptors (Lipinski definition) is 5. The van der Waals surface area contributed by atoms with Gasteiger partial charge in [0.05, 0.1) is 12.1 Å². The van der Waals surface area contributed by atoms with Crippen LogP contribution in [-0.2, 0) is 21.5 Å². The van der Waals surface area contributed by atoms with E-state index in [9.17, 15) is 19.1 Å². The molecule has 2 unspecified atom stereocenters. The van der Waals surface area contributed by atoms with Gasteiger partial charge in [0.2, 0.25) is 11.8 Å². The second-order valence-electron chi connectivity index (χ2n) is 10.9. The van der Waals surface area contributed by atoms with Gasteiger partial charge in [-0.3, -0.25) is 9.59 Å². The highest BCUT2D eigenvalue weighted by Crippen LogP contribution is 2.45. The monoisotopic (exact) mass is 561 g/mol. The number of aliphatic hydroxyl groups excluding tert-OH is 1. The molecule has 4 rings (SSSR count). The topological polar surface area (TPSA) is 90.9 Å². The number of fused-ring (bicyclic) bond motifs is 2. The lowest BCUT2D eigenvalue weighted by Crippen LogP contribution is -2.50. The van der Waals surface area contributed by atoms with E-state index in [1.165, 1.54) is 12.1 Å². The molecular formula is C33H40FN3O4. The molecule has 1 fully saturated rings. The Kier molecular flexibility index (Phi) is 10.6. The fraction of sp³-hybridized carbons (Fsp3) is 0.455. The molecule has 2 aromatic rings. The van der Waals surface area contributed by atoms with Gasteiger partial charge in [-0.05, 0) is 73.6 Å². The van der Waals surface area contributed by atoms with Crippen LogP contribution in [0.25, 0.3) is 0 Å². The van der Waals surface area contributed by atoms with Crippen LogP contribution in [0.2, 0.25) is 0 Å². The van der Waals surface area contributed by atoms with Crippen LogP contribution in [-0.4, -0.2) is 60.2 Å². The summed E-state index contributed by atoms with van der Waals surface area (Å²) >= 11 is 0. The number of carbonyl (C=O) groups is 2. The van der Waals surface area contributed by atoms with E-state index in [0.717, 1.165) is 30.4 Å². The molecule has 218 valence electrons. The standard InChI is InChI=1S/C33H40FN3O4/c1-3-15-37-16-5-6-17-41-28-20-25(19-27(34)22-28)21-29(36-31(39)11-8-12-32(37)40)30(38)23-35-33(13-14-33)26-10-7-9-24(4-2)18-26/h2,5-7,9-10,18-20,22,29-30,35,38H,3,8,11-17,21,23H2,1H3,(H,36,39). The molecule has 1 heterocycles. The van der Waals surface area contributed by atoms with E-state index in [-0.39, 0.29) is 49.8 Å². The first-order chi connectivity index (χ1) is 19.8. The van der Waals surface area contributed by atoms with Gasteiger partial charge in [0.15, 0.2) is 0 Å². The highest BCUT2D eigenvalue weighted by molar-refractivity contribution is 5.79. The van der Waals surface area contributed by atoms with Gasteiger partial charge in [-0.1, -0.05) is 31.1 Å². The summed E-state index contributed by atoms with van der Waals surface area (Å²) in [4.78, 5) is 27.5. The van der Waals surface area contributed by atoms with Crippen LogP contribution in [0.15, 0.2) is 54.6 Å². The highest BCUT2D eigenvalue weighted by Gasteiger charge is 2.44. The maximum atomic E-state index is 14.5. The molecule has 0 saturated heterocycles. The molecule has 0 radical (unpaired) electrons. The summed E-state index contributed by atoms with van der Waals surface area (Å²) < 4.78 is 20.3. The number of amides is 2. The summed E-state index contributed by atoms with van der Waals surface area (Å²) in [5.41, 5.74) is 2.20. The van der Waals surface area contributed by atoms with Crippen molar-refractivity contribution in [2.45, 2.75) is 69.6 Å². The normalized spacial score (nSPS) is 20.3. The number of nitrogens with zero attached hydrogens (tertiary/aromatic N) is 1. The van der Waals surface area contributed by atoms with Crippen LogP contribution in [0.3, 0.4) is 0 Å². The molecule has 8 heteroatoms. The van der Waals surface area contributed by atoms with Crippen molar-refractivity contribution in [2.24, 2.45) is 0 Å². The molecule has 0 spiro atoms. The van der Waals surface area contributed by atoms with Crippen molar-refractivity contribution >= 4 is 11.8 Å². The first kappa shape index (κ1) is 30.3. The minimum atomic E-state index is -0.952. The van der Waals surface area contributed by atoms with E-state index >= 15 is 0 Å². The zero-order chi connectivity index (χ0) is 29.2. The van der Waals surface area contributed by atoms with Crippen LogP contribution < -0.4 is 15.4 Å². The Morgan fingerprint density at radius 3 is 2.80 bits per heavy atom. The van der Waals surface area contributed by atoms with Crippen molar-refractivity contribution < 1.29 is 23.8 Å². The SMILES string of the molecule is C#Cc1cccc(C2(NCC(O)C3Cc4cc(F)cc(c4)OCC=CCN(CCC)C(=O)CCCC(=O)N3)CC2)c1. The Balaban J connectivity index is 1.50. The summed E-state index contributed by atoms with van der Waals surface area (Å²) in [5, 5.41) is 17.7. The minimum absolute atomic E-state index is 0.00678. The number of benzene rings is 2. The predicted molar refractivity (Wildman–Crippen MR) is 157 cm³/mol. The van der Waals surface area contributed by atoms with Crippen molar-refractivity contribution in [1.82, 2.24) is 15.5 Å². The van der Waals surface area contributed by atoms with Gasteiger partial charge in [0.1, 0.15) is 18.2 Å². The summed E-state index contributed by atoms with van der Waals surface area (Å²) in [6.45, 7) is 3.54. The first-order valence-electron chi connectivity index (χ1n) is 14.5. The van der Waals surface area contributed by atoms with Gasteiger partial charge in [0.25, 0.3) is 0 Å². The largest absolute Gasteiger partial charge is 0.489 e. The van der Waals surface area contributed by atoms with Gasteiger partial charge in [-0.15, -0.1) is 6.42 Å². The van der Waals surface area contributed by atoms with E-state index in [4.69, 9.17) is 11.2 Å². The third-order valence-corrected chi connectivity index (χ3v) is 7.66. The zero-order valence-electron chi connectivity index (χ0n) is 23.7. The molecule has 2 bridgehead atoms. The maximum absolute atomic E-state index is 14.5. The summed E-state index contributed by atoms with van der Waals surface area (Å²) in [6, 6.07) is 11.6. The number of carbonyl (C=O) groups excluding carboxylic acids is 2. The summed E-state index contributed by atoms with van der Waals surface area (Å²) in [5.74, 6) is 2.30. The molecule has 1 saturated carbocycles. The quantitative estimate of drug-likeness (QED) is 0.353. The first-order valence-corrected chi connectivity index (χ1v) is 14.5. The lowest BCUT2D eigenvalue weighted by atomic mass is 9.98. The molecule has 1 aliphatic carbocycles. The van der Waals surface area contributed by atoms with Crippen LogP contribution in [0.5, 0.6) is 5.75 Å². The average molecular weight is 562 g/mol. The Hall–Kier alpha value is -3.67. The molecule has 2 aromatic carbocycles. The lowest BCUT2D eigenvalue weighted by Gasteiger charge is -2.27. The molecule has 2 amide bonds. The predicted octanol–water partition coefficient (Wildman–Crippen LogP) is 3.83. The molecule has 41 heavy (non-hydrogen) atoms. The fourth-order valence-corrected chi connectivity index (χ4v) is 5.24. The van der Waals surface area contributed by atoms with Crippen LogP contribution >= 0.6 is 0 Å². The van der Waals surface area contributed by atoms with E-state index < -0.39 is 18.0 Å². The van der Waals surface area contributed by atoms with Gasteiger partial charge < -0.3 is 25.4 Å². The molecule has 1 aliphatic heterocycles. The second kappa shape index (κ2) is 14.3. The van der Waals surface area contributed by atoms with E-state index in [1.807, 2.05) is 43.3 Å². The molecule has 2 aliphatic rings. The Bertz CT molecular complexity index is 1280. The van der Waals surface area contributed by atoms with Gasteiger partial charge in [-0.25, -0.2) is 4.39 Å². The molecule has 3 N–H and O–H groups in total. The Morgan fingerprint density at radius 1 is 1.22 bits per heavy atom. The Labute approximate surface area is 242 Å². The maximum Gasteiger partial charge on any atom is 0.222 e. The van der Waals surface area contributed by atoms with E-state index in [0.29, 0.717) is 30.8 Å².